The fourth-order valence-electron chi connectivity index (χ4n) is 3.57. The first-order chi connectivity index (χ1) is 8.31. The fraction of sp³-hybridized carbons (Fsp3) is 0.929. The average Bonchev–Trinajstić information content (AvgIpc) is 2.40. The maximum absolute atomic E-state index is 11.4. The van der Waals surface area contributed by atoms with E-state index in [4.69, 9.17) is 4.74 Å². The first kappa shape index (κ1) is 13.4. The summed E-state index contributed by atoms with van der Waals surface area (Å²) in [5, 5.41) is 0.334. The van der Waals surface area contributed by atoms with Crippen molar-refractivity contribution in [3.05, 3.63) is 0 Å². The molecule has 0 bridgehead atoms. The number of hydrogen-bond donors (Lipinski definition) is 0. The molecule has 2 aliphatic rings. The molecule has 2 nitrogen and oxygen atoms in total. The van der Waals surface area contributed by atoms with E-state index in [0.717, 1.165) is 12.3 Å². The molecule has 0 saturated heterocycles. The highest BCUT2D eigenvalue weighted by Gasteiger charge is 2.34. The molecule has 2 atom stereocenters. The van der Waals surface area contributed by atoms with Crippen molar-refractivity contribution in [2.75, 3.05) is 5.33 Å². The second-order valence-electron chi connectivity index (χ2n) is 5.51. The van der Waals surface area contributed by atoms with Crippen molar-refractivity contribution in [2.45, 2.75) is 63.9 Å². The van der Waals surface area contributed by atoms with Crippen molar-refractivity contribution in [2.24, 2.45) is 11.8 Å². The molecule has 0 aliphatic heterocycles. The van der Waals surface area contributed by atoms with Crippen molar-refractivity contribution in [1.29, 1.82) is 0 Å². The molecule has 98 valence electrons. The molecule has 0 radical (unpaired) electrons. The van der Waals surface area contributed by atoms with Crippen LogP contribution in [0.3, 0.4) is 0 Å². The summed E-state index contributed by atoms with van der Waals surface area (Å²) in [7, 11) is 0. The second kappa shape index (κ2) is 6.77. The molecule has 2 rings (SSSR count). The SMILES string of the molecule is O=C(CBr)O[C@H]1CCCC[C@@H]1C1CCCCC1. The van der Waals surface area contributed by atoms with Gasteiger partial charge in [0.25, 0.3) is 0 Å². The fourth-order valence-corrected chi connectivity index (χ4v) is 3.71. The zero-order valence-corrected chi connectivity index (χ0v) is 12.1. The maximum Gasteiger partial charge on any atom is 0.316 e. The van der Waals surface area contributed by atoms with Gasteiger partial charge >= 0.3 is 5.97 Å². The van der Waals surface area contributed by atoms with Crippen LogP contribution >= 0.6 is 15.9 Å². The van der Waals surface area contributed by atoms with Crippen LogP contribution in [-0.2, 0) is 9.53 Å². The maximum atomic E-state index is 11.4. The number of ether oxygens (including phenoxy) is 1. The lowest BCUT2D eigenvalue weighted by Gasteiger charge is -2.38. The molecule has 0 unspecified atom stereocenters. The lowest BCUT2D eigenvalue weighted by molar-refractivity contribution is -0.152. The summed E-state index contributed by atoms with van der Waals surface area (Å²) >= 11 is 3.18. The molecular weight excluding hydrogens is 280 g/mol. The Balaban J connectivity index is 1.93. The highest BCUT2D eigenvalue weighted by molar-refractivity contribution is 9.09. The van der Waals surface area contributed by atoms with Gasteiger partial charge < -0.3 is 4.74 Å². The summed E-state index contributed by atoms with van der Waals surface area (Å²) < 4.78 is 5.62. The third-order valence-corrected chi connectivity index (χ3v) is 4.86. The molecule has 2 saturated carbocycles. The Hall–Kier alpha value is -0.0500. The van der Waals surface area contributed by atoms with Crippen molar-refractivity contribution in [3.8, 4) is 0 Å². The van der Waals surface area contributed by atoms with Gasteiger partial charge in [0.1, 0.15) is 11.4 Å². The number of carbonyl (C=O) groups is 1. The Bertz CT molecular complexity index is 249. The third-order valence-electron chi connectivity index (χ3n) is 4.40. The highest BCUT2D eigenvalue weighted by Crippen LogP contribution is 2.39. The minimum atomic E-state index is -0.0855. The summed E-state index contributed by atoms with van der Waals surface area (Å²) in [6, 6.07) is 0. The van der Waals surface area contributed by atoms with Gasteiger partial charge in [0.2, 0.25) is 0 Å². The monoisotopic (exact) mass is 302 g/mol. The second-order valence-corrected chi connectivity index (χ2v) is 6.07. The summed E-state index contributed by atoms with van der Waals surface area (Å²) in [6.45, 7) is 0. The van der Waals surface area contributed by atoms with Gasteiger partial charge in [-0.15, -0.1) is 0 Å². The quantitative estimate of drug-likeness (QED) is 0.580. The molecule has 0 N–H and O–H groups in total. The van der Waals surface area contributed by atoms with Crippen LogP contribution in [0.5, 0.6) is 0 Å². The van der Waals surface area contributed by atoms with Gasteiger partial charge in [-0.2, -0.15) is 0 Å². The van der Waals surface area contributed by atoms with Gasteiger partial charge in [-0.3, -0.25) is 4.79 Å². The summed E-state index contributed by atoms with van der Waals surface area (Å²) in [4.78, 5) is 11.4. The molecule has 0 aromatic heterocycles. The van der Waals surface area contributed by atoms with Gasteiger partial charge in [-0.05, 0) is 31.1 Å². The number of hydrogen-bond acceptors (Lipinski definition) is 2. The Kier molecular flexibility index (Phi) is 5.33. The van der Waals surface area contributed by atoms with E-state index in [-0.39, 0.29) is 12.1 Å². The van der Waals surface area contributed by atoms with Crippen LogP contribution < -0.4 is 0 Å². The van der Waals surface area contributed by atoms with Crippen LogP contribution in [0, 0.1) is 11.8 Å². The predicted molar refractivity (Wildman–Crippen MR) is 72.2 cm³/mol. The summed E-state index contributed by atoms with van der Waals surface area (Å²) in [5.74, 6) is 1.38. The van der Waals surface area contributed by atoms with E-state index in [1.165, 1.54) is 51.4 Å². The van der Waals surface area contributed by atoms with Crippen molar-refractivity contribution in [3.63, 3.8) is 0 Å². The number of alkyl halides is 1. The molecule has 0 spiro atoms. The van der Waals surface area contributed by atoms with Gasteiger partial charge in [0.05, 0.1) is 0 Å². The topological polar surface area (TPSA) is 26.3 Å². The minimum absolute atomic E-state index is 0.0855. The predicted octanol–water partition coefficient (Wildman–Crippen LogP) is 4.06. The first-order valence-corrected chi connectivity index (χ1v) is 8.19. The van der Waals surface area contributed by atoms with E-state index in [9.17, 15) is 4.79 Å². The van der Waals surface area contributed by atoms with Gasteiger partial charge in [-0.25, -0.2) is 0 Å². The van der Waals surface area contributed by atoms with E-state index in [1.807, 2.05) is 0 Å². The van der Waals surface area contributed by atoms with E-state index < -0.39 is 0 Å². The molecule has 0 heterocycles. The number of esters is 1. The summed E-state index contributed by atoms with van der Waals surface area (Å²) in [5.41, 5.74) is 0. The van der Waals surface area contributed by atoms with E-state index >= 15 is 0 Å². The van der Waals surface area contributed by atoms with E-state index in [2.05, 4.69) is 15.9 Å². The Morgan fingerprint density at radius 3 is 2.35 bits per heavy atom. The molecule has 2 fully saturated rings. The van der Waals surface area contributed by atoms with Crippen LogP contribution in [0.1, 0.15) is 57.8 Å². The van der Waals surface area contributed by atoms with Crippen molar-refractivity contribution < 1.29 is 9.53 Å². The average molecular weight is 303 g/mol. The van der Waals surface area contributed by atoms with Crippen LogP contribution in [-0.4, -0.2) is 17.4 Å². The number of rotatable bonds is 3. The minimum Gasteiger partial charge on any atom is -0.461 e. The lowest BCUT2D eigenvalue weighted by Crippen LogP contribution is -2.36. The standard InChI is InChI=1S/C14H23BrO2/c15-10-14(16)17-13-9-5-4-8-12(13)11-6-2-1-3-7-11/h11-13H,1-10H2/t12-,13+/m1/s1. The van der Waals surface area contributed by atoms with E-state index in [1.54, 1.807) is 0 Å². The molecule has 2 aliphatic carbocycles. The smallest absolute Gasteiger partial charge is 0.316 e. The van der Waals surface area contributed by atoms with E-state index in [0.29, 0.717) is 11.2 Å². The molecular formula is C14H23BrO2. The molecule has 0 aromatic rings. The largest absolute Gasteiger partial charge is 0.461 e. The zero-order valence-electron chi connectivity index (χ0n) is 10.5. The third kappa shape index (κ3) is 3.70. The number of carbonyl (C=O) groups excluding carboxylic acids is 1. The number of halogens is 1. The van der Waals surface area contributed by atoms with Crippen molar-refractivity contribution in [1.82, 2.24) is 0 Å². The van der Waals surface area contributed by atoms with Gasteiger partial charge in [0, 0.05) is 0 Å². The first-order valence-electron chi connectivity index (χ1n) is 7.06. The molecule has 3 heteroatoms. The zero-order chi connectivity index (χ0) is 12.1. The molecule has 0 aromatic carbocycles. The highest BCUT2D eigenvalue weighted by atomic mass is 79.9. The van der Waals surface area contributed by atoms with Crippen LogP contribution in [0.2, 0.25) is 0 Å². The molecule has 0 amide bonds. The Morgan fingerprint density at radius 1 is 1.00 bits per heavy atom. The van der Waals surface area contributed by atoms with Crippen molar-refractivity contribution >= 4 is 21.9 Å². The lowest BCUT2D eigenvalue weighted by atomic mass is 9.72. The van der Waals surface area contributed by atoms with Gasteiger partial charge in [0.15, 0.2) is 0 Å². The molecule has 17 heavy (non-hydrogen) atoms. The normalized spacial score (nSPS) is 31.1. The summed E-state index contributed by atoms with van der Waals surface area (Å²) in [6.07, 6.45) is 12.0. The Labute approximate surface area is 113 Å². The van der Waals surface area contributed by atoms with Crippen LogP contribution in [0.4, 0.5) is 0 Å². The Morgan fingerprint density at radius 2 is 1.65 bits per heavy atom. The van der Waals surface area contributed by atoms with Gasteiger partial charge in [-0.1, -0.05) is 54.5 Å². The van der Waals surface area contributed by atoms with Crippen LogP contribution in [0.15, 0.2) is 0 Å². The van der Waals surface area contributed by atoms with Crippen LogP contribution in [0.25, 0.3) is 0 Å².